The number of rotatable bonds is 4. The van der Waals surface area contributed by atoms with E-state index in [9.17, 15) is 4.79 Å². The van der Waals surface area contributed by atoms with E-state index in [4.69, 9.17) is 4.42 Å². The van der Waals surface area contributed by atoms with Crippen LogP contribution in [0.15, 0.2) is 59.5 Å². The van der Waals surface area contributed by atoms with Gasteiger partial charge in [0, 0.05) is 7.05 Å². The Labute approximate surface area is 121 Å². The monoisotopic (exact) mass is 282 g/mol. The maximum absolute atomic E-state index is 12.3. The largest absolute Gasteiger partial charge is 0.467 e. The quantitative estimate of drug-likeness (QED) is 0.735. The lowest BCUT2D eigenvalue weighted by Gasteiger charge is -2.13. The highest BCUT2D eigenvalue weighted by Gasteiger charge is 2.17. The Morgan fingerprint density at radius 2 is 2.05 bits per heavy atom. The average Bonchev–Trinajstić information content (AvgIpc) is 3.18. The molecule has 0 saturated carbocycles. The number of nitrogens with zero attached hydrogens (tertiary/aromatic N) is 4. The molecule has 1 amide bonds. The molecular formula is C15H14N4O2. The maximum Gasteiger partial charge on any atom is 0.293 e. The second-order valence-electron chi connectivity index (χ2n) is 4.59. The molecule has 0 aliphatic carbocycles. The number of amides is 1. The van der Waals surface area contributed by atoms with Gasteiger partial charge in [-0.1, -0.05) is 18.2 Å². The standard InChI is InChI=1S/C15H14N4O2/c1-18(10-13-8-5-9-21-13)15(20)14-16-11-19(17-14)12-6-3-2-4-7-12/h2-9,11H,10H2,1H3. The zero-order valence-corrected chi connectivity index (χ0v) is 11.5. The fourth-order valence-electron chi connectivity index (χ4n) is 1.94. The molecule has 0 radical (unpaired) electrons. The Bertz CT molecular complexity index is 719. The first-order valence-electron chi connectivity index (χ1n) is 6.49. The third-order valence-electron chi connectivity index (χ3n) is 3.02. The maximum atomic E-state index is 12.3. The molecule has 6 nitrogen and oxygen atoms in total. The van der Waals surface area contributed by atoms with Crippen LogP contribution in [0.25, 0.3) is 5.69 Å². The van der Waals surface area contributed by atoms with Gasteiger partial charge in [0.15, 0.2) is 0 Å². The van der Waals surface area contributed by atoms with Gasteiger partial charge >= 0.3 is 0 Å². The van der Waals surface area contributed by atoms with E-state index >= 15 is 0 Å². The minimum atomic E-state index is -0.249. The third-order valence-corrected chi connectivity index (χ3v) is 3.02. The number of carbonyl (C=O) groups excluding carboxylic acids is 1. The van der Waals surface area contributed by atoms with Crippen LogP contribution in [0, 0.1) is 0 Å². The van der Waals surface area contributed by atoms with Gasteiger partial charge in [-0.2, -0.15) is 0 Å². The molecule has 0 spiro atoms. The molecule has 21 heavy (non-hydrogen) atoms. The van der Waals surface area contributed by atoms with Gasteiger partial charge in [0.2, 0.25) is 5.82 Å². The summed E-state index contributed by atoms with van der Waals surface area (Å²) in [6.07, 6.45) is 3.11. The fraction of sp³-hybridized carbons (Fsp3) is 0.133. The summed E-state index contributed by atoms with van der Waals surface area (Å²) in [5, 5.41) is 4.21. The minimum absolute atomic E-state index is 0.160. The van der Waals surface area contributed by atoms with Crippen molar-refractivity contribution in [1.82, 2.24) is 19.7 Å². The molecule has 3 rings (SSSR count). The number of hydrogen-bond acceptors (Lipinski definition) is 4. The van der Waals surface area contributed by atoms with Gasteiger partial charge in [0.1, 0.15) is 12.1 Å². The number of para-hydroxylation sites is 1. The van der Waals surface area contributed by atoms with Crippen LogP contribution in [0.3, 0.4) is 0 Å². The molecular weight excluding hydrogens is 268 g/mol. The Morgan fingerprint density at radius 1 is 1.24 bits per heavy atom. The lowest BCUT2D eigenvalue weighted by Crippen LogP contribution is -2.27. The third kappa shape index (κ3) is 2.84. The van der Waals surface area contributed by atoms with E-state index in [0.717, 1.165) is 5.69 Å². The lowest BCUT2D eigenvalue weighted by molar-refractivity contribution is 0.0763. The smallest absolute Gasteiger partial charge is 0.293 e. The van der Waals surface area contributed by atoms with Crippen LogP contribution in [0.2, 0.25) is 0 Å². The Hall–Kier alpha value is -2.89. The van der Waals surface area contributed by atoms with E-state index in [1.54, 1.807) is 24.1 Å². The van der Waals surface area contributed by atoms with Crippen molar-refractivity contribution in [2.24, 2.45) is 0 Å². The SMILES string of the molecule is CN(Cc1ccco1)C(=O)c1ncn(-c2ccccc2)n1. The summed E-state index contributed by atoms with van der Waals surface area (Å²) < 4.78 is 6.80. The molecule has 106 valence electrons. The van der Waals surface area contributed by atoms with Gasteiger partial charge in [-0.3, -0.25) is 4.79 Å². The van der Waals surface area contributed by atoms with Crippen molar-refractivity contribution < 1.29 is 9.21 Å². The minimum Gasteiger partial charge on any atom is -0.467 e. The number of furan rings is 1. The van der Waals surface area contributed by atoms with Crippen LogP contribution in [0.4, 0.5) is 0 Å². The summed E-state index contributed by atoms with van der Waals surface area (Å²) in [5.41, 5.74) is 0.859. The summed E-state index contributed by atoms with van der Waals surface area (Å²) in [6.45, 7) is 0.381. The molecule has 0 aliphatic heterocycles. The zero-order valence-electron chi connectivity index (χ0n) is 11.5. The van der Waals surface area contributed by atoms with Crippen molar-refractivity contribution in [3.05, 3.63) is 66.6 Å². The second-order valence-corrected chi connectivity index (χ2v) is 4.59. The van der Waals surface area contributed by atoms with Crippen molar-refractivity contribution in [1.29, 1.82) is 0 Å². The van der Waals surface area contributed by atoms with E-state index in [0.29, 0.717) is 12.3 Å². The molecule has 0 saturated heterocycles. The van der Waals surface area contributed by atoms with E-state index in [1.807, 2.05) is 36.4 Å². The summed E-state index contributed by atoms with van der Waals surface area (Å²) in [5.74, 6) is 0.627. The first-order valence-corrected chi connectivity index (χ1v) is 6.49. The van der Waals surface area contributed by atoms with Crippen molar-refractivity contribution in [3.63, 3.8) is 0 Å². The first-order chi connectivity index (χ1) is 10.2. The van der Waals surface area contributed by atoms with Gasteiger partial charge in [0.25, 0.3) is 5.91 Å². The molecule has 0 fully saturated rings. The van der Waals surface area contributed by atoms with Crippen LogP contribution < -0.4 is 0 Å². The summed E-state index contributed by atoms with van der Waals surface area (Å²) in [6, 6.07) is 13.1. The van der Waals surface area contributed by atoms with Crippen LogP contribution in [0.5, 0.6) is 0 Å². The van der Waals surface area contributed by atoms with E-state index in [2.05, 4.69) is 10.1 Å². The summed E-state index contributed by atoms with van der Waals surface area (Å²) in [7, 11) is 1.69. The van der Waals surface area contributed by atoms with Crippen LogP contribution >= 0.6 is 0 Å². The average molecular weight is 282 g/mol. The van der Waals surface area contributed by atoms with Crippen molar-refractivity contribution in [2.45, 2.75) is 6.54 Å². The van der Waals surface area contributed by atoms with Crippen LogP contribution in [-0.2, 0) is 6.54 Å². The highest BCUT2D eigenvalue weighted by molar-refractivity contribution is 5.90. The molecule has 0 N–H and O–H groups in total. The van der Waals surface area contributed by atoms with Crippen molar-refractivity contribution >= 4 is 5.91 Å². The molecule has 3 aromatic rings. The molecule has 2 aromatic heterocycles. The molecule has 6 heteroatoms. The molecule has 0 bridgehead atoms. The highest BCUT2D eigenvalue weighted by atomic mass is 16.3. The number of hydrogen-bond donors (Lipinski definition) is 0. The van der Waals surface area contributed by atoms with Gasteiger partial charge in [0.05, 0.1) is 18.5 Å². The molecule has 0 aliphatic rings. The molecule has 0 unspecified atom stereocenters. The Balaban J connectivity index is 1.75. The molecule has 0 atom stereocenters. The Morgan fingerprint density at radius 3 is 2.76 bits per heavy atom. The normalized spacial score (nSPS) is 10.5. The van der Waals surface area contributed by atoms with Crippen molar-refractivity contribution in [3.8, 4) is 5.69 Å². The first kappa shape index (κ1) is 13.1. The predicted molar refractivity (Wildman–Crippen MR) is 75.9 cm³/mol. The highest BCUT2D eigenvalue weighted by Crippen LogP contribution is 2.08. The number of carbonyl (C=O) groups is 1. The van der Waals surface area contributed by atoms with Gasteiger partial charge in [-0.05, 0) is 24.3 Å². The van der Waals surface area contributed by atoms with Crippen molar-refractivity contribution in [2.75, 3.05) is 7.05 Å². The van der Waals surface area contributed by atoms with Gasteiger partial charge in [-0.15, -0.1) is 5.10 Å². The van der Waals surface area contributed by atoms with Crippen LogP contribution in [0.1, 0.15) is 16.4 Å². The molecule has 2 heterocycles. The second kappa shape index (κ2) is 5.62. The van der Waals surface area contributed by atoms with Gasteiger partial charge in [-0.25, -0.2) is 9.67 Å². The number of benzene rings is 1. The van der Waals surface area contributed by atoms with Gasteiger partial charge < -0.3 is 9.32 Å². The van der Waals surface area contributed by atoms with Crippen LogP contribution in [-0.4, -0.2) is 32.6 Å². The number of aromatic nitrogens is 3. The van der Waals surface area contributed by atoms with E-state index in [-0.39, 0.29) is 11.7 Å². The summed E-state index contributed by atoms with van der Waals surface area (Å²) >= 11 is 0. The fourth-order valence-corrected chi connectivity index (χ4v) is 1.94. The Kier molecular flexibility index (Phi) is 3.51. The van der Waals surface area contributed by atoms with E-state index < -0.39 is 0 Å². The predicted octanol–water partition coefficient (Wildman–Crippen LogP) is 2.13. The molecule has 1 aromatic carbocycles. The topological polar surface area (TPSA) is 64.2 Å². The summed E-state index contributed by atoms with van der Waals surface area (Å²) in [4.78, 5) is 17.9. The van der Waals surface area contributed by atoms with E-state index in [1.165, 1.54) is 11.2 Å². The zero-order chi connectivity index (χ0) is 14.7. The lowest BCUT2D eigenvalue weighted by atomic mass is 10.3.